The lowest BCUT2D eigenvalue weighted by Crippen LogP contribution is -2.40. The quantitative estimate of drug-likeness (QED) is 0.101. The normalized spacial score (nSPS) is 12.6. The Balaban J connectivity index is 1.31. The maximum Gasteiger partial charge on any atom is 0.220 e. The van der Waals surface area contributed by atoms with Gasteiger partial charge in [-0.1, -0.05) is 108 Å². The van der Waals surface area contributed by atoms with Crippen molar-refractivity contribution in [3.8, 4) is 22.5 Å². The van der Waals surface area contributed by atoms with Crippen molar-refractivity contribution in [1.29, 1.82) is 0 Å². The van der Waals surface area contributed by atoms with Crippen LogP contribution in [0.5, 0.6) is 0 Å². The minimum absolute atomic E-state index is 0.0484. The number of unbranched alkanes of at least 4 members (excludes halogenated alkanes) is 1. The highest BCUT2D eigenvalue weighted by atomic mass is 15.0. The van der Waals surface area contributed by atoms with Crippen LogP contribution >= 0.6 is 0 Å². The molecule has 0 N–H and O–H groups in total. The van der Waals surface area contributed by atoms with Crippen LogP contribution in [0.1, 0.15) is 89.1 Å². The fourth-order valence-corrected chi connectivity index (χ4v) is 8.06. The number of aryl methyl sites for hydroxylation is 4. The Morgan fingerprint density at radius 2 is 1.35 bits per heavy atom. The van der Waals surface area contributed by atoms with Gasteiger partial charge in [0.15, 0.2) is 18.4 Å². The van der Waals surface area contributed by atoms with Crippen LogP contribution in [0.3, 0.4) is 0 Å². The van der Waals surface area contributed by atoms with Crippen molar-refractivity contribution in [2.45, 2.75) is 91.5 Å². The second-order valence-corrected chi connectivity index (χ2v) is 15.6. The first kappa shape index (κ1) is 34.6. The van der Waals surface area contributed by atoms with Crippen LogP contribution in [0.25, 0.3) is 54.8 Å². The van der Waals surface area contributed by atoms with E-state index in [9.17, 15) is 0 Å². The summed E-state index contributed by atoms with van der Waals surface area (Å²) in [6.45, 7) is 13.9. The molecule has 7 aromatic rings. The maximum atomic E-state index is 2.48. The van der Waals surface area contributed by atoms with E-state index in [2.05, 4.69) is 179 Å². The van der Waals surface area contributed by atoms with Gasteiger partial charge in [0.05, 0.1) is 10.9 Å². The average Bonchev–Trinajstić information content (AvgIpc) is 3.15. The third-order valence-corrected chi connectivity index (χ3v) is 11.1. The third kappa shape index (κ3) is 6.81. The zero-order valence-electron chi connectivity index (χ0n) is 31.8. The molecule has 0 spiro atoms. The summed E-state index contributed by atoms with van der Waals surface area (Å²) in [4.78, 5) is 0. The second-order valence-electron chi connectivity index (χ2n) is 15.6. The Bertz CT molecular complexity index is 2360. The first-order chi connectivity index (χ1) is 24.7. The van der Waals surface area contributed by atoms with Gasteiger partial charge in [-0.05, 0) is 106 Å². The van der Waals surface area contributed by atoms with Crippen LogP contribution in [0.2, 0.25) is 0 Å². The number of aromatic nitrogens is 2. The summed E-state index contributed by atoms with van der Waals surface area (Å²) in [5.41, 5.74) is 10.9. The Morgan fingerprint density at radius 1 is 0.627 bits per heavy atom. The fraction of sp³-hybridized carbons (Fsp3) is 0.306. The van der Waals surface area contributed by atoms with Gasteiger partial charge in [-0.25, -0.2) is 4.57 Å². The number of hydrogen-bond donors (Lipinski definition) is 0. The van der Waals surface area contributed by atoms with Gasteiger partial charge >= 0.3 is 0 Å². The Labute approximate surface area is 305 Å². The van der Waals surface area contributed by atoms with Crippen molar-refractivity contribution in [2.24, 2.45) is 7.05 Å². The van der Waals surface area contributed by atoms with Gasteiger partial charge in [0, 0.05) is 35.6 Å². The third-order valence-electron chi connectivity index (χ3n) is 11.1. The van der Waals surface area contributed by atoms with E-state index in [1.807, 2.05) is 0 Å². The topological polar surface area (TPSA) is 7.76 Å². The van der Waals surface area contributed by atoms with E-state index < -0.39 is 0 Å². The fourth-order valence-electron chi connectivity index (χ4n) is 8.06. The molecule has 5 aromatic carbocycles. The lowest BCUT2D eigenvalue weighted by atomic mass is 9.83. The van der Waals surface area contributed by atoms with E-state index in [4.69, 9.17) is 0 Å². The summed E-state index contributed by atoms with van der Waals surface area (Å²) >= 11 is 0. The summed E-state index contributed by atoms with van der Waals surface area (Å²) < 4.78 is 4.83. The molecule has 0 aliphatic carbocycles. The van der Waals surface area contributed by atoms with Crippen molar-refractivity contribution in [1.82, 2.24) is 0 Å². The predicted octanol–water partition coefficient (Wildman–Crippen LogP) is 12.0. The van der Waals surface area contributed by atoms with Crippen LogP contribution in [0, 0.1) is 0 Å². The minimum Gasteiger partial charge on any atom is -0.200 e. The van der Waals surface area contributed by atoms with E-state index in [-0.39, 0.29) is 5.41 Å². The highest BCUT2D eigenvalue weighted by molar-refractivity contribution is 6.18. The van der Waals surface area contributed by atoms with Crippen LogP contribution in [0.4, 0.5) is 0 Å². The molecule has 0 fully saturated rings. The average molecular weight is 671 g/mol. The molecule has 1 unspecified atom stereocenters. The number of benzene rings is 5. The maximum absolute atomic E-state index is 2.48. The SMILES string of the molecule is CCCCc1ccc2c(ccc3c4cc[n+](C)c(-c5cc(C(C)(C)C)ccc5CCC(C)[n+]5ccccc5-c5ccccc5CC)c4ccc23)c1. The monoisotopic (exact) mass is 670 g/mol. The summed E-state index contributed by atoms with van der Waals surface area (Å²) in [5, 5.41) is 7.96. The highest BCUT2D eigenvalue weighted by Gasteiger charge is 2.25. The van der Waals surface area contributed by atoms with Crippen LogP contribution in [-0.2, 0) is 31.7 Å². The number of fused-ring (bicyclic) bond motifs is 5. The molecule has 1 atom stereocenters. The Morgan fingerprint density at radius 3 is 2.16 bits per heavy atom. The van der Waals surface area contributed by atoms with Crippen molar-refractivity contribution in [3.05, 3.63) is 144 Å². The van der Waals surface area contributed by atoms with Gasteiger partial charge < -0.3 is 0 Å². The Hall–Kier alpha value is -4.82. The molecule has 51 heavy (non-hydrogen) atoms. The molecule has 0 aliphatic rings. The largest absolute Gasteiger partial charge is 0.220 e. The van der Waals surface area contributed by atoms with Gasteiger partial charge in [-0.2, -0.15) is 4.57 Å². The molecule has 0 aliphatic heterocycles. The molecular weight excluding hydrogens is 617 g/mol. The van der Waals surface area contributed by atoms with Crippen molar-refractivity contribution in [2.75, 3.05) is 0 Å². The van der Waals surface area contributed by atoms with Crippen LogP contribution in [0.15, 0.2) is 122 Å². The molecular formula is C49H54N2+2. The van der Waals surface area contributed by atoms with E-state index >= 15 is 0 Å². The summed E-state index contributed by atoms with van der Waals surface area (Å²) in [7, 11) is 2.21. The summed E-state index contributed by atoms with van der Waals surface area (Å²) in [6, 6.07) is 41.9. The molecule has 0 saturated heterocycles. The number of pyridine rings is 2. The molecule has 2 heterocycles. The van der Waals surface area contributed by atoms with Crippen molar-refractivity contribution < 1.29 is 9.13 Å². The van der Waals surface area contributed by atoms with Gasteiger partial charge in [-0.3, -0.25) is 0 Å². The van der Waals surface area contributed by atoms with Crippen LogP contribution < -0.4 is 9.13 Å². The number of rotatable bonds is 10. The van der Waals surface area contributed by atoms with Gasteiger partial charge in [0.25, 0.3) is 0 Å². The molecule has 2 nitrogen and oxygen atoms in total. The molecule has 0 amide bonds. The number of hydrogen-bond acceptors (Lipinski definition) is 0. The molecule has 258 valence electrons. The predicted molar refractivity (Wildman–Crippen MR) is 217 cm³/mol. The minimum atomic E-state index is 0.0484. The van der Waals surface area contributed by atoms with Gasteiger partial charge in [-0.15, -0.1) is 0 Å². The van der Waals surface area contributed by atoms with Crippen molar-refractivity contribution >= 4 is 32.3 Å². The lowest BCUT2D eigenvalue weighted by Gasteiger charge is -2.22. The molecule has 2 aromatic heterocycles. The molecule has 0 bridgehead atoms. The van der Waals surface area contributed by atoms with E-state index in [1.165, 1.54) is 89.9 Å². The lowest BCUT2D eigenvalue weighted by molar-refractivity contribution is -0.710. The Kier molecular flexibility index (Phi) is 9.79. The smallest absolute Gasteiger partial charge is 0.200 e. The molecule has 0 radical (unpaired) electrons. The zero-order valence-corrected chi connectivity index (χ0v) is 31.8. The standard InChI is InChI=1S/C49H54N2/c1-8-10-15-35-20-25-40-38(32-35)23-26-43-42(40)27-28-45-44(43)29-31-50(7)48(45)46-33-39(49(4,5)6)24-22-37(46)21-19-34(3)51-30-14-13-18-47(51)41-17-12-11-16-36(41)9-2/h11-14,16-18,20,22-34H,8-10,15,19,21H2,1-7H3/q+2. The zero-order chi connectivity index (χ0) is 35.7. The van der Waals surface area contributed by atoms with Gasteiger partial charge in [0.1, 0.15) is 7.05 Å². The van der Waals surface area contributed by atoms with E-state index in [0.29, 0.717) is 6.04 Å². The molecule has 0 saturated carbocycles. The van der Waals surface area contributed by atoms with Crippen LogP contribution in [-0.4, -0.2) is 0 Å². The van der Waals surface area contributed by atoms with Crippen molar-refractivity contribution in [3.63, 3.8) is 0 Å². The van der Waals surface area contributed by atoms with E-state index in [0.717, 1.165) is 25.7 Å². The summed E-state index contributed by atoms with van der Waals surface area (Å²) in [6.07, 6.45) is 11.2. The first-order valence-electron chi connectivity index (χ1n) is 19.2. The second kappa shape index (κ2) is 14.4. The molecule has 2 heteroatoms. The van der Waals surface area contributed by atoms with E-state index in [1.54, 1.807) is 0 Å². The molecule has 7 rings (SSSR count). The van der Waals surface area contributed by atoms with Gasteiger partial charge in [0.2, 0.25) is 11.4 Å². The highest BCUT2D eigenvalue weighted by Crippen LogP contribution is 2.38. The summed E-state index contributed by atoms with van der Waals surface area (Å²) in [5.74, 6) is 0. The number of nitrogens with zero attached hydrogens (tertiary/aromatic N) is 2. The first-order valence-corrected chi connectivity index (χ1v) is 19.2.